The summed E-state index contributed by atoms with van der Waals surface area (Å²) in [6.45, 7) is 8.02. The zero-order valence-electron chi connectivity index (χ0n) is 19.1. The molecule has 1 heterocycles. The Morgan fingerprint density at radius 2 is 1.87 bits per heavy atom. The molecule has 2 rings (SSSR count). The molecule has 0 atom stereocenters. The molecule has 7 nitrogen and oxygen atoms in total. The number of nitrogens with one attached hydrogen (secondary N) is 2. The van der Waals surface area contributed by atoms with Crippen molar-refractivity contribution in [3.8, 4) is 17.4 Å². The number of ether oxygens (including phenoxy) is 3. The van der Waals surface area contributed by atoms with Crippen molar-refractivity contribution in [1.29, 1.82) is 0 Å². The number of hydrogen-bond donors (Lipinski definition) is 2. The molecule has 0 aliphatic heterocycles. The highest BCUT2D eigenvalue weighted by Gasteiger charge is 2.06. The maximum absolute atomic E-state index is 5.65. The number of guanidine groups is 1. The number of nitrogens with zero attached hydrogens (tertiary/aromatic N) is 2. The minimum absolute atomic E-state index is 0. The van der Waals surface area contributed by atoms with Gasteiger partial charge in [0.2, 0.25) is 5.88 Å². The van der Waals surface area contributed by atoms with E-state index in [2.05, 4.69) is 32.7 Å². The van der Waals surface area contributed by atoms with Crippen molar-refractivity contribution in [3.05, 3.63) is 47.7 Å². The van der Waals surface area contributed by atoms with Crippen molar-refractivity contribution in [2.45, 2.75) is 46.3 Å². The van der Waals surface area contributed by atoms with Crippen LogP contribution in [0.5, 0.6) is 17.4 Å². The van der Waals surface area contributed by atoms with Gasteiger partial charge in [-0.2, -0.15) is 0 Å². The fourth-order valence-corrected chi connectivity index (χ4v) is 2.88. The first kappa shape index (κ1) is 26.8. The Balaban J connectivity index is 0.00000480. The standard InChI is InChI=1S/C23H34N4O3.HI/c1-6-29-21-14-18(9-11-20(21)28-5)8-7-13-25-23(24-4)27-16-19-10-12-22(26-15-19)30-17(2)3;/h9-12,14-15,17H,6-8,13,16H2,1-5H3,(H2,24,25,27);1H. The van der Waals surface area contributed by atoms with Gasteiger partial charge in [0.1, 0.15) is 0 Å². The van der Waals surface area contributed by atoms with Crippen molar-refractivity contribution >= 4 is 29.9 Å². The number of benzene rings is 1. The third kappa shape index (κ3) is 9.63. The average Bonchev–Trinajstić information content (AvgIpc) is 2.74. The summed E-state index contributed by atoms with van der Waals surface area (Å²) in [5.74, 6) is 2.97. The van der Waals surface area contributed by atoms with Gasteiger partial charge >= 0.3 is 0 Å². The van der Waals surface area contributed by atoms with Gasteiger partial charge in [-0.15, -0.1) is 24.0 Å². The topological polar surface area (TPSA) is 77.0 Å². The van der Waals surface area contributed by atoms with E-state index in [1.54, 1.807) is 14.2 Å². The van der Waals surface area contributed by atoms with E-state index in [-0.39, 0.29) is 30.1 Å². The summed E-state index contributed by atoms with van der Waals surface area (Å²) in [6.07, 6.45) is 3.85. The predicted molar refractivity (Wildman–Crippen MR) is 136 cm³/mol. The molecule has 172 valence electrons. The molecule has 1 aromatic carbocycles. The molecule has 2 N–H and O–H groups in total. The van der Waals surface area contributed by atoms with Crippen molar-refractivity contribution in [2.75, 3.05) is 27.3 Å². The molecule has 0 amide bonds. The number of halogens is 1. The van der Waals surface area contributed by atoms with E-state index in [0.717, 1.165) is 42.4 Å². The number of methoxy groups -OCH3 is 1. The molecule has 1 aromatic heterocycles. The summed E-state index contributed by atoms with van der Waals surface area (Å²) >= 11 is 0. The summed E-state index contributed by atoms with van der Waals surface area (Å²) in [5.41, 5.74) is 2.29. The van der Waals surface area contributed by atoms with Crippen LogP contribution in [-0.2, 0) is 13.0 Å². The highest BCUT2D eigenvalue weighted by molar-refractivity contribution is 14.0. The van der Waals surface area contributed by atoms with Gasteiger partial charge in [-0.1, -0.05) is 12.1 Å². The minimum Gasteiger partial charge on any atom is -0.493 e. The first-order valence-electron chi connectivity index (χ1n) is 10.4. The number of hydrogen-bond acceptors (Lipinski definition) is 5. The van der Waals surface area contributed by atoms with Crippen molar-refractivity contribution in [2.24, 2.45) is 4.99 Å². The van der Waals surface area contributed by atoms with E-state index in [1.165, 1.54) is 5.56 Å². The Labute approximate surface area is 203 Å². The van der Waals surface area contributed by atoms with Crippen LogP contribution >= 0.6 is 24.0 Å². The Morgan fingerprint density at radius 3 is 2.48 bits per heavy atom. The normalized spacial score (nSPS) is 11.0. The number of rotatable bonds is 11. The molecule has 0 unspecified atom stereocenters. The summed E-state index contributed by atoms with van der Waals surface area (Å²) in [7, 11) is 3.43. The quantitative estimate of drug-likeness (QED) is 0.192. The second-order valence-corrected chi connectivity index (χ2v) is 7.05. The van der Waals surface area contributed by atoms with E-state index < -0.39 is 0 Å². The first-order valence-corrected chi connectivity index (χ1v) is 10.4. The summed E-state index contributed by atoms with van der Waals surface area (Å²) in [4.78, 5) is 8.60. The Morgan fingerprint density at radius 1 is 1.10 bits per heavy atom. The maximum Gasteiger partial charge on any atom is 0.213 e. The molecule has 0 saturated carbocycles. The molecule has 0 spiro atoms. The number of pyridine rings is 1. The van der Waals surface area contributed by atoms with Gasteiger partial charge in [0.25, 0.3) is 0 Å². The monoisotopic (exact) mass is 542 g/mol. The van der Waals surface area contributed by atoms with E-state index in [4.69, 9.17) is 14.2 Å². The average molecular weight is 542 g/mol. The SMILES string of the molecule is CCOc1cc(CCCNC(=NC)NCc2ccc(OC(C)C)nc2)ccc1OC.I. The lowest BCUT2D eigenvalue weighted by molar-refractivity contribution is 0.232. The van der Waals surface area contributed by atoms with E-state index >= 15 is 0 Å². The van der Waals surface area contributed by atoms with Crippen molar-refractivity contribution in [1.82, 2.24) is 15.6 Å². The molecule has 31 heavy (non-hydrogen) atoms. The molecule has 0 bridgehead atoms. The second kappa shape index (κ2) is 14.7. The molecule has 0 aliphatic carbocycles. The number of aryl methyl sites for hydroxylation is 1. The predicted octanol–water partition coefficient (Wildman–Crippen LogP) is 4.19. The Hall–Kier alpha value is -2.23. The zero-order valence-corrected chi connectivity index (χ0v) is 21.4. The van der Waals surface area contributed by atoms with Gasteiger partial charge in [-0.05, 0) is 56.9 Å². The van der Waals surface area contributed by atoms with E-state index in [1.807, 2.05) is 45.2 Å². The molecule has 8 heteroatoms. The van der Waals surface area contributed by atoms with E-state index in [9.17, 15) is 0 Å². The van der Waals surface area contributed by atoms with Crippen LogP contribution in [0.4, 0.5) is 0 Å². The van der Waals surface area contributed by atoms with Gasteiger partial charge < -0.3 is 24.8 Å². The molecule has 0 saturated heterocycles. The Kier molecular flexibility index (Phi) is 12.7. The molecule has 0 radical (unpaired) electrons. The van der Waals surface area contributed by atoms with Crippen LogP contribution in [0, 0.1) is 0 Å². The lowest BCUT2D eigenvalue weighted by Gasteiger charge is -2.13. The third-order valence-corrected chi connectivity index (χ3v) is 4.30. The van der Waals surface area contributed by atoms with Crippen LogP contribution in [0.1, 0.15) is 38.3 Å². The van der Waals surface area contributed by atoms with Gasteiger partial charge in [0.15, 0.2) is 17.5 Å². The van der Waals surface area contributed by atoms with Crippen molar-refractivity contribution < 1.29 is 14.2 Å². The molecule has 0 aliphatic rings. The fourth-order valence-electron chi connectivity index (χ4n) is 2.88. The van der Waals surface area contributed by atoms with Crippen LogP contribution in [0.25, 0.3) is 0 Å². The largest absolute Gasteiger partial charge is 0.493 e. The van der Waals surface area contributed by atoms with Crippen LogP contribution in [0.15, 0.2) is 41.5 Å². The van der Waals surface area contributed by atoms with Crippen LogP contribution < -0.4 is 24.8 Å². The fraction of sp³-hybridized carbons (Fsp3) is 0.478. The molecule has 0 fully saturated rings. The first-order chi connectivity index (χ1) is 14.5. The lowest BCUT2D eigenvalue weighted by atomic mass is 10.1. The summed E-state index contributed by atoms with van der Waals surface area (Å²) in [5, 5.41) is 6.65. The molecular weight excluding hydrogens is 507 g/mol. The third-order valence-electron chi connectivity index (χ3n) is 4.30. The highest BCUT2D eigenvalue weighted by Crippen LogP contribution is 2.28. The zero-order chi connectivity index (χ0) is 21.8. The van der Waals surface area contributed by atoms with Gasteiger partial charge in [0.05, 0.1) is 19.8 Å². The summed E-state index contributed by atoms with van der Waals surface area (Å²) in [6, 6.07) is 9.98. The lowest BCUT2D eigenvalue weighted by Crippen LogP contribution is -2.37. The summed E-state index contributed by atoms with van der Waals surface area (Å²) < 4.78 is 16.6. The van der Waals surface area contributed by atoms with E-state index in [0.29, 0.717) is 19.0 Å². The smallest absolute Gasteiger partial charge is 0.213 e. The van der Waals surface area contributed by atoms with Crippen LogP contribution in [0.3, 0.4) is 0 Å². The highest BCUT2D eigenvalue weighted by atomic mass is 127. The second-order valence-electron chi connectivity index (χ2n) is 7.05. The minimum atomic E-state index is 0. The van der Waals surface area contributed by atoms with Crippen LogP contribution in [-0.4, -0.2) is 44.4 Å². The number of aliphatic imine (C=N–C) groups is 1. The maximum atomic E-state index is 5.65. The molecule has 2 aromatic rings. The number of aromatic nitrogens is 1. The van der Waals surface area contributed by atoms with Crippen LogP contribution in [0.2, 0.25) is 0 Å². The van der Waals surface area contributed by atoms with Gasteiger partial charge in [-0.25, -0.2) is 4.98 Å². The Bertz CT molecular complexity index is 798. The molecular formula is C23H35IN4O3. The van der Waals surface area contributed by atoms with Gasteiger partial charge in [-0.3, -0.25) is 4.99 Å². The van der Waals surface area contributed by atoms with Crippen molar-refractivity contribution in [3.63, 3.8) is 0 Å². The van der Waals surface area contributed by atoms with Gasteiger partial charge in [0, 0.05) is 32.4 Å².